The third-order valence-corrected chi connectivity index (χ3v) is 3.62. The molecule has 92 valence electrons. The fourth-order valence-electron chi connectivity index (χ4n) is 2.05. The molecule has 0 atom stereocenters. The van der Waals surface area contributed by atoms with Crippen LogP contribution < -0.4 is 0 Å². The molecule has 0 saturated heterocycles. The van der Waals surface area contributed by atoms with Crippen LogP contribution in [-0.2, 0) is 4.79 Å². The Balaban J connectivity index is 2.32. The molecule has 2 rings (SSSR count). The van der Waals surface area contributed by atoms with E-state index in [1.807, 2.05) is 42.7 Å². The lowest BCUT2D eigenvalue weighted by Crippen LogP contribution is -2.06. The average molecular weight is 256 g/mol. The third-order valence-electron chi connectivity index (χ3n) is 3.00. The summed E-state index contributed by atoms with van der Waals surface area (Å²) in [4.78, 5) is 11.7. The molecule has 0 fully saturated rings. The van der Waals surface area contributed by atoms with Gasteiger partial charge in [-0.1, -0.05) is 72.4 Å². The van der Waals surface area contributed by atoms with Gasteiger partial charge in [-0.05, 0) is 17.4 Å². The molecule has 0 saturated carbocycles. The Kier molecular flexibility index (Phi) is 4.59. The summed E-state index contributed by atoms with van der Waals surface area (Å²) < 4.78 is 0. The van der Waals surface area contributed by atoms with Crippen molar-refractivity contribution in [2.75, 3.05) is 6.26 Å². The van der Waals surface area contributed by atoms with E-state index in [1.165, 1.54) is 22.9 Å². The SMILES string of the molecule is CSC(=O)CC(c1ccccc1)c1ccccc1. The summed E-state index contributed by atoms with van der Waals surface area (Å²) in [5, 5.41) is 0.229. The van der Waals surface area contributed by atoms with Gasteiger partial charge in [-0.2, -0.15) is 0 Å². The number of benzene rings is 2. The zero-order chi connectivity index (χ0) is 12.8. The molecule has 0 N–H and O–H groups in total. The van der Waals surface area contributed by atoms with Crippen LogP contribution in [0.4, 0.5) is 0 Å². The van der Waals surface area contributed by atoms with Gasteiger partial charge in [0.15, 0.2) is 5.12 Å². The zero-order valence-corrected chi connectivity index (χ0v) is 11.2. The van der Waals surface area contributed by atoms with Gasteiger partial charge < -0.3 is 0 Å². The maximum absolute atomic E-state index is 11.7. The number of carbonyl (C=O) groups is 1. The third kappa shape index (κ3) is 3.23. The Morgan fingerprint density at radius 3 is 1.78 bits per heavy atom. The van der Waals surface area contributed by atoms with Crippen molar-refractivity contribution in [3.05, 3.63) is 71.8 Å². The van der Waals surface area contributed by atoms with E-state index in [1.54, 1.807) is 0 Å². The highest BCUT2D eigenvalue weighted by molar-refractivity contribution is 8.13. The molecule has 1 nitrogen and oxygen atoms in total. The maximum atomic E-state index is 11.7. The predicted octanol–water partition coefficient (Wildman–Crippen LogP) is 4.10. The van der Waals surface area contributed by atoms with Gasteiger partial charge in [0.25, 0.3) is 0 Å². The van der Waals surface area contributed by atoms with Crippen LogP contribution in [0.1, 0.15) is 23.5 Å². The van der Waals surface area contributed by atoms with Crippen LogP contribution in [0.2, 0.25) is 0 Å². The molecule has 0 aliphatic rings. The van der Waals surface area contributed by atoms with Crippen LogP contribution in [0.25, 0.3) is 0 Å². The molecular formula is C16H16OS. The van der Waals surface area contributed by atoms with Crippen LogP contribution in [0.15, 0.2) is 60.7 Å². The second-order valence-corrected chi connectivity index (χ2v) is 5.02. The second kappa shape index (κ2) is 6.41. The molecule has 2 heteroatoms. The molecule has 2 aromatic rings. The molecule has 0 heterocycles. The van der Waals surface area contributed by atoms with Crippen molar-refractivity contribution in [1.29, 1.82) is 0 Å². The maximum Gasteiger partial charge on any atom is 0.189 e. The first-order chi connectivity index (χ1) is 8.81. The zero-order valence-electron chi connectivity index (χ0n) is 10.4. The smallest absolute Gasteiger partial charge is 0.189 e. The summed E-state index contributed by atoms with van der Waals surface area (Å²) >= 11 is 1.30. The monoisotopic (exact) mass is 256 g/mol. The summed E-state index contributed by atoms with van der Waals surface area (Å²) in [6.07, 6.45) is 2.39. The Morgan fingerprint density at radius 1 is 0.944 bits per heavy atom. The lowest BCUT2D eigenvalue weighted by molar-refractivity contribution is -0.111. The minimum atomic E-state index is 0.160. The summed E-state index contributed by atoms with van der Waals surface area (Å²) in [6, 6.07) is 20.4. The van der Waals surface area contributed by atoms with Gasteiger partial charge in [-0.3, -0.25) is 4.79 Å². The van der Waals surface area contributed by atoms with Crippen LogP contribution in [-0.4, -0.2) is 11.4 Å². The first-order valence-corrected chi connectivity index (χ1v) is 7.20. The van der Waals surface area contributed by atoms with Gasteiger partial charge in [-0.15, -0.1) is 0 Å². The first kappa shape index (κ1) is 12.9. The molecular weight excluding hydrogens is 240 g/mol. The fraction of sp³-hybridized carbons (Fsp3) is 0.188. The quantitative estimate of drug-likeness (QED) is 0.819. The molecule has 0 bridgehead atoms. The predicted molar refractivity (Wildman–Crippen MR) is 77.9 cm³/mol. The van der Waals surface area contributed by atoms with Crippen molar-refractivity contribution >= 4 is 16.9 Å². The number of carbonyl (C=O) groups excluding carboxylic acids is 1. The van der Waals surface area contributed by atoms with Crippen molar-refractivity contribution in [1.82, 2.24) is 0 Å². The number of hydrogen-bond acceptors (Lipinski definition) is 2. The van der Waals surface area contributed by atoms with Crippen LogP contribution in [0, 0.1) is 0 Å². The van der Waals surface area contributed by atoms with Gasteiger partial charge in [0.05, 0.1) is 0 Å². The van der Waals surface area contributed by atoms with E-state index in [-0.39, 0.29) is 11.0 Å². The Morgan fingerprint density at radius 2 is 1.39 bits per heavy atom. The summed E-state index contributed by atoms with van der Waals surface area (Å²) in [6.45, 7) is 0. The highest BCUT2D eigenvalue weighted by Crippen LogP contribution is 2.29. The number of thioether (sulfide) groups is 1. The van der Waals surface area contributed by atoms with E-state index in [9.17, 15) is 4.79 Å². The van der Waals surface area contributed by atoms with Gasteiger partial charge >= 0.3 is 0 Å². The van der Waals surface area contributed by atoms with E-state index >= 15 is 0 Å². The normalized spacial score (nSPS) is 10.6. The average Bonchev–Trinajstić information content (AvgIpc) is 2.46. The lowest BCUT2D eigenvalue weighted by atomic mass is 9.89. The van der Waals surface area contributed by atoms with Gasteiger partial charge in [0, 0.05) is 12.3 Å². The topological polar surface area (TPSA) is 17.1 Å². The lowest BCUT2D eigenvalue weighted by Gasteiger charge is -2.16. The molecule has 0 amide bonds. The van der Waals surface area contributed by atoms with Crippen molar-refractivity contribution < 1.29 is 4.79 Å². The van der Waals surface area contributed by atoms with E-state index < -0.39 is 0 Å². The molecule has 0 radical (unpaired) electrons. The highest BCUT2D eigenvalue weighted by Gasteiger charge is 2.17. The van der Waals surface area contributed by atoms with Gasteiger partial charge in [0.1, 0.15) is 0 Å². The Bertz CT molecular complexity index is 454. The molecule has 0 aliphatic heterocycles. The second-order valence-electron chi connectivity index (χ2n) is 4.15. The number of rotatable bonds is 4. The van der Waals surface area contributed by atoms with E-state index in [0.29, 0.717) is 6.42 Å². The molecule has 0 unspecified atom stereocenters. The Labute approximate surface area is 112 Å². The van der Waals surface area contributed by atoms with Crippen molar-refractivity contribution in [2.45, 2.75) is 12.3 Å². The van der Waals surface area contributed by atoms with E-state index in [4.69, 9.17) is 0 Å². The summed E-state index contributed by atoms with van der Waals surface area (Å²) in [5.41, 5.74) is 2.40. The minimum Gasteiger partial charge on any atom is -0.287 e. The fourth-order valence-corrected chi connectivity index (χ4v) is 2.38. The van der Waals surface area contributed by atoms with Crippen molar-refractivity contribution in [2.24, 2.45) is 0 Å². The van der Waals surface area contributed by atoms with Crippen LogP contribution >= 0.6 is 11.8 Å². The van der Waals surface area contributed by atoms with E-state index in [2.05, 4.69) is 24.3 Å². The van der Waals surface area contributed by atoms with Crippen LogP contribution in [0.3, 0.4) is 0 Å². The van der Waals surface area contributed by atoms with Gasteiger partial charge in [0.2, 0.25) is 0 Å². The van der Waals surface area contributed by atoms with E-state index in [0.717, 1.165) is 0 Å². The summed E-state index contributed by atoms with van der Waals surface area (Å²) in [7, 11) is 0. The molecule has 0 aromatic heterocycles. The summed E-state index contributed by atoms with van der Waals surface area (Å²) in [5.74, 6) is 0.160. The highest BCUT2D eigenvalue weighted by atomic mass is 32.2. The van der Waals surface area contributed by atoms with Crippen molar-refractivity contribution in [3.63, 3.8) is 0 Å². The van der Waals surface area contributed by atoms with Gasteiger partial charge in [-0.25, -0.2) is 0 Å². The first-order valence-electron chi connectivity index (χ1n) is 5.98. The molecule has 18 heavy (non-hydrogen) atoms. The molecule has 2 aromatic carbocycles. The molecule has 0 spiro atoms. The standard InChI is InChI=1S/C16H16OS/c1-18-16(17)12-15(13-8-4-2-5-9-13)14-10-6-3-7-11-14/h2-11,15H,12H2,1H3. The largest absolute Gasteiger partial charge is 0.287 e. The van der Waals surface area contributed by atoms with Crippen LogP contribution in [0.5, 0.6) is 0 Å². The molecule has 0 aliphatic carbocycles. The Hall–Kier alpha value is -1.54. The minimum absolute atomic E-state index is 0.160. The van der Waals surface area contributed by atoms with Crippen molar-refractivity contribution in [3.8, 4) is 0 Å². The number of hydrogen-bond donors (Lipinski definition) is 0.